The Morgan fingerprint density at radius 3 is 2.68 bits per heavy atom. The summed E-state index contributed by atoms with van der Waals surface area (Å²) in [6, 6.07) is 5.80. The van der Waals surface area contributed by atoms with Gasteiger partial charge in [-0.25, -0.2) is 0 Å². The summed E-state index contributed by atoms with van der Waals surface area (Å²) in [6.07, 6.45) is 4.56. The third-order valence-electron chi connectivity index (χ3n) is 3.03. The van der Waals surface area contributed by atoms with E-state index >= 15 is 0 Å². The van der Waals surface area contributed by atoms with E-state index < -0.39 is 0 Å². The minimum atomic E-state index is 0.775. The highest BCUT2D eigenvalue weighted by atomic mass is 35.5. The number of benzene rings is 1. The molecule has 1 aromatic carbocycles. The maximum Gasteiger partial charge on any atom is 0.122 e. The van der Waals surface area contributed by atoms with Crippen LogP contribution in [0.15, 0.2) is 18.2 Å². The fourth-order valence-electron chi connectivity index (χ4n) is 1.98. The second-order valence-corrected chi connectivity index (χ2v) is 4.95. The molecule has 1 N–H and O–H groups in total. The van der Waals surface area contributed by atoms with Crippen LogP contribution in [0.4, 0.5) is 0 Å². The molecule has 0 heterocycles. The van der Waals surface area contributed by atoms with E-state index in [-0.39, 0.29) is 0 Å². The van der Waals surface area contributed by atoms with Gasteiger partial charge in [-0.1, -0.05) is 18.0 Å². The van der Waals surface area contributed by atoms with Crippen molar-refractivity contribution in [3.8, 4) is 5.75 Å². The molecule has 108 valence electrons. The molecule has 0 spiro atoms. The van der Waals surface area contributed by atoms with Crippen molar-refractivity contribution in [2.45, 2.75) is 25.7 Å². The zero-order chi connectivity index (χ0) is 13.9. The van der Waals surface area contributed by atoms with Crippen molar-refractivity contribution in [1.82, 2.24) is 5.32 Å². The normalized spacial score (nSPS) is 10.7. The Bertz CT molecular complexity index is 358. The molecule has 0 aromatic heterocycles. The quantitative estimate of drug-likeness (QED) is 0.669. The van der Waals surface area contributed by atoms with E-state index in [0.29, 0.717) is 0 Å². The van der Waals surface area contributed by atoms with Gasteiger partial charge >= 0.3 is 0 Å². The zero-order valence-electron chi connectivity index (χ0n) is 11.9. The summed E-state index contributed by atoms with van der Waals surface area (Å²) in [5, 5.41) is 4.12. The summed E-state index contributed by atoms with van der Waals surface area (Å²) < 4.78 is 10.3. The molecule has 0 fully saturated rings. The lowest BCUT2D eigenvalue weighted by Crippen LogP contribution is -2.20. The van der Waals surface area contributed by atoms with Crippen LogP contribution in [0, 0.1) is 0 Å². The summed E-state index contributed by atoms with van der Waals surface area (Å²) in [5.41, 5.74) is 1.20. The van der Waals surface area contributed by atoms with Crippen molar-refractivity contribution in [2.24, 2.45) is 0 Å². The molecule has 0 aliphatic carbocycles. The molecule has 0 radical (unpaired) electrons. The molecule has 0 unspecified atom stereocenters. The lowest BCUT2D eigenvalue weighted by molar-refractivity contribution is 0.199. The standard InChI is InChI=1S/C15H24ClNO2/c1-18-11-10-17-9-5-3-4-6-13-12-14(16)7-8-15(13)19-2/h7-8,12,17H,3-6,9-11H2,1-2H3. The van der Waals surface area contributed by atoms with Crippen LogP contribution in [0.1, 0.15) is 24.8 Å². The third-order valence-corrected chi connectivity index (χ3v) is 3.26. The molecular weight excluding hydrogens is 262 g/mol. The minimum absolute atomic E-state index is 0.775. The van der Waals surface area contributed by atoms with Gasteiger partial charge in [-0.05, 0) is 49.6 Å². The van der Waals surface area contributed by atoms with Gasteiger partial charge in [-0.2, -0.15) is 0 Å². The monoisotopic (exact) mass is 285 g/mol. The average Bonchev–Trinajstić information content (AvgIpc) is 2.42. The number of nitrogens with one attached hydrogen (secondary N) is 1. The lowest BCUT2D eigenvalue weighted by atomic mass is 10.1. The van der Waals surface area contributed by atoms with Crippen molar-refractivity contribution >= 4 is 11.6 Å². The predicted molar refractivity (Wildman–Crippen MR) is 80.3 cm³/mol. The molecule has 3 nitrogen and oxygen atoms in total. The van der Waals surface area contributed by atoms with Crippen molar-refractivity contribution < 1.29 is 9.47 Å². The number of hydrogen-bond donors (Lipinski definition) is 1. The summed E-state index contributed by atoms with van der Waals surface area (Å²) in [6.45, 7) is 2.76. The number of unbranched alkanes of at least 4 members (excludes halogenated alkanes) is 2. The van der Waals surface area contributed by atoms with Crippen LogP contribution in [0.25, 0.3) is 0 Å². The van der Waals surface area contributed by atoms with E-state index in [1.54, 1.807) is 14.2 Å². The maximum atomic E-state index is 6.01. The largest absolute Gasteiger partial charge is 0.496 e. The van der Waals surface area contributed by atoms with E-state index in [9.17, 15) is 0 Å². The van der Waals surface area contributed by atoms with Gasteiger partial charge in [0, 0.05) is 18.7 Å². The Labute approximate surface area is 121 Å². The number of rotatable bonds is 10. The molecule has 0 saturated carbocycles. The van der Waals surface area contributed by atoms with Crippen LogP contribution in [0.3, 0.4) is 0 Å². The third kappa shape index (κ3) is 6.81. The van der Waals surface area contributed by atoms with Crippen molar-refractivity contribution in [1.29, 1.82) is 0 Å². The van der Waals surface area contributed by atoms with Gasteiger partial charge in [0.2, 0.25) is 0 Å². The summed E-state index contributed by atoms with van der Waals surface area (Å²) in [4.78, 5) is 0. The number of ether oxygens (including phenoxy) is 2. The van der Waals surface area contributed by atoms with Gasteiger partial charge in [-0.15, -0.1) is 0 Å². The lowest BCUT2D eigenvalue weighted by Gasteiger charge is -2.09. The van der Waals surface area contributed by atoms with E-state index in [0.717, 1.165) is 43.3 Å². The van der Waals surface area contributed by atoms with Gasteiger partial charge in [-0.3, -0.25) is 0 Å². The highest BCUT2D eigenvalue weighted by molar-refractivity contribution is 6.30. The second-order valence-electron chi connectivity index (χ2n) is 4.51. The SMILES string of the molecule is COCCNCCCCCc1cc(Cl)ccc1OC. The Morgan fingerprint density at radius 2 is 1.95 bits per heavy atom. The van der Waals surface area contributed by atoms with Crippen molar-refractivity contribution in [3.05, 3.63) is 28.8 Å². The van der Waals surface area contributed by atoms with Crippen molar-refractivity contribution in [3.63, 3.8) is 0 Å². The smallest absolute Gasteiger partial charge is 0.122 e. The zero-order valence-corrected chi connectivity index (χ0v) is 12.6. The Balaban J connectivity index is 2.17. The minimum Gasteiger partial charge on any atom is -0.496 e. The molecule has 0 atom stereocenters. The van der Waals surface area contributed by atoms with Gasteiger partial charge in [0.25, 0.3) is 0 Å². The van der Waals surface area contributed by atoms with E-state index in [1.165, 1.54) is 18.4 Å². The molecule has 0 bridgehead atoms. The van der Waals surface area contributed by atoms with Gasteiger partial charge < -0.3 is 14.8 Å². The van der Waals surface area contributed by atoms with Crippen LogP contribution in [0.2, 0.25) is 5.02 Å². The first kappa shape index (κ1) is 16.3. The molecule has 4 heteroatoms. The molecule has 0 amide bonds. The molecule has 19 heavy (non-hydrogen) atoms. The van der Waals surface area contributed by atoms with E-state index in [1.807, 2.05) is 18.2 Å². The first-order valence-corrected chi connectivity index (χ1v) is 7.17. The summed E-state index contributed by atoms with van der Waals surface area (Å²) in [7, 11) is 3.42. The Hall–Kier alpha value is -0.770. The second kappa shape index (κ2) is 10.1. The molecule has 0 saturated heterocycles. The first-order valence-electron chi connectivity index (χ1n) is 6.80. The molecule has 0 aliphatic rings. The fraction of sp³-hybridized carbons (Fsp3) is 0.600. The topological polar surface area (TPSA) is 30.5 Å². The van der Waals surface area contributed by atoms with Gasteiger partial charge in [0.1, 0.15) is 5.75 Å². The predicted octanol–water partition coefficient (Wildman–Crippen LogP) is 3.30. The Morgan fingerprint density at radius 1 is 1.11 bits per heavy atom. The number of halogens is 1. The molecular formula is C15H24ClNO2. The van der Waals surface area contributed by atoms with Crippen LogP contribution in [-0.4, -0.2) is 33.9 Å². The Kier molecular flexibility index (Phi) is 8.63. The van der Waals surface area contributed by atoms with Crippen LogP contribution in [0.5, 0.6) is 5.75 Å². The number of hydrogen-bond acceptors (Lipinski definition) is 3. The maximum absolute atomic E-state index is 6.01. The fourth-order valence-corrected chi connectivity index (χ4v) is 2.18. The molecule has 1 rings (SSSR count). The summed E-state index contributed by atoms with van der Waals surface area (Å²) >= 11 is 6.01. The highest BCUT2D eigenvalue weighted by Gasteiger charge is 2.03. The molecule has 0 aliphatic heterocycles. The van der Waals surface area contributed by atoms with Crippen LogP contribution in [-0.2, 0) is 11.2 Å². The van der Waals surface area contributed by atoms with Gasteiger partial charge in [0.15, 0.2) is 0 Å². The van der Waals surface area contributed by atoms with Crippen LogP contribution >= 0.6 is 11.6 Å². The van der Waals surface area contributed by atoms with E-state index in [2.05, 4.69) is 5.32 Å². The van der Waals surface area contributed by atoms with Gasteiger partial charge in [0.05, 0.1) is 13.7 Å². The highest BCUT2D eigenvalue weighted by Crippen LogP contribution is 2.24. The van der Waals surface area contributed by atoms with Crippen LogP contribution < -0.4 is 10.1 Å². The van der Waals surface area contributed by atoms with E-state index in [4.69, 9.17) is 21.1 Å². The number of aryl methyl sites for hydroxylation is 1. The first-order chi connectivity index (χ1) is 9.27. The average molecular weight is 286 g/mol. The van der Waals surface area contributed by atoms with Crippen molar-refractivity contribution in [2.75, 3.05) is 33.9 Å². The molecule has 1 aromatic rings. The summed E-state index contributed by atoms with van der Waals surface area (Å²) in [5.74, 6) is 0.933. The number of methoxy groups -OCH3 is 2.